The summed E-state index contributed by atoms with van der Waals surface area (Å²) in [5.74, 6) is -3.06. The van der Waals surface area contributed by atoms with E-state index in [1.54, 1.807) is 16.8 Å². The van der Waals surface area contributed by atoms with E-state index in [4.69, 9.17) is 9.47 Å². The van der Waals surface area contributed by atoms with E-state index in [9.17, 15) is 19.2 Å². The average molecular weight is 598 g/mol. The summed E-state index contributed by atoms with van der Waals surface area (Å²) in [7, 11) is 0. The van der Waals surface area contributed by atoms with Crippen LogP contribution in [0.4, 0.5) is 25.0 Å². The lowest BCUT2D eigenvalue weighted by Crippen LogP contribution is -2.51. The van der Waals surface area contributed by atoms with E-state index in [1.165, 1.54) is 28.3 Å². The fourth-order valence-electron chi connectivity index (χ4n) is 4.89. The number of fused-ring (bicyclic) bond motifs is 1. The third kappa shape index (κ3) is 6.71. The summed E-state index contributed by atoms with van der Waals surface area (Å²) in [6, 6.07) is 2.12. The molecule has 0 unspecified atom stereocenters. The van der Waals surface area contributed by atoms with Gasteiger partial charge in [-0.3, -0.25) is 24.3 Å². The number of anilines is 2. The molecular formula is C28H29F2N7O6. The standard InChI is InChI=1S/C28H29F2N7O6/c1-2-11-42-25(39)4-3-19-16-37(28(41)43-19)18-12-20(29)26(21(30)13-18)35-9-7-34(8-10-35)24(38)15-32-27(40)22-17-36-6-5-31-14-23(36)33-22/h2,5-6,12-14,17,19H,1,3-4,7-11,15-16H2,(H,32,40)/t19-/m0/s1. The molecule has 0 saturated carbocycles. The summed E-state index contributed by atoms with van der Waals surface area (Å²) in [5, 5.41) is 2.55. The summed E-state index contributed by atoms with van der Waals surface area (Å²) in [4.78, 5) is 61.4. The first-order valence-electron chi connectivity index (χ1n) is 13.6. The van der Waals surface area contributed by atoms with E-state index in [1.807, 2.05) is 0 Å². The highest BCUT2D eigenvalue weighted by atomic mass is 19.1. The normalized spacial score (nSPS) is 16.7. The second-order valence-corrected chi connectivity index (χ2v) is 9.90. The van der Waals surface area contributed by atoms with Crippen molar-refractivity contribution >= 4 is 40.9 Å². The molecule has 0 aliphatic carbocycles. The molecule has 4 heterocycles. The molecule has 3 amide bonds. The molecule has 5 rings (SSSR count). The molecule has 2 fully saturated rings. The minimum atomic E-state index is -0.867. The fraction of sp³-hybridized carbons (Fsp3) is 0.357. The summed E-state index contributed by atoms with van der Waals surface area (Å²) in [6.45, 7) is 3.98. The van der Waals surface area contributed by atoms with Crippen LogP contribution >= 0.6 is 0 Å². The Morgan fingerprint density at radius 3 is 2.60 bits per heavy atom. The van der Waals surface area contributed by atoms with Gasteiger partial charge in [0.25, 0.3) is 5.91 Å². The monoisotopic (exact) mass is 597 g/mol. The van der Waals surface area contributed by atoms with Crippen LogP contribution in [0.5, 0.6) is 0 Å². The molecule has 0 radical (unpaired) electrons. The molecule has 43 heavy (non-hydrogen) atoms. The lowest BCUT2D eigenvalue weighted by molar-refractivity contribution is -0.143. The zero-order valence-corrected chi connectivity index (χ0v) is 23.1. The maximum Gasteiger partial charge on any atom is 0.414 e. The van der Waals surface area contributed by atoms with Crippen LogP contribution in [0.2, 0.25) is 0 Å². The Morgan fingerprint density at radius 1 is 1.16 bits per heavy atom. The van der Waals surface area contributed by atoms with Gasteiger partial charge in [0.15, 0.2) is 17.3 Å². The van der Waals surface area contributed by atoms with Crippen molar-refractivity contribution in [2.24, 2.45) is 0 Å². The van der Waals surface area contributed by atoms with E-state index >= 15 is 8.78 Å². The number of cyclic esters (lactones) is 1. The predicted octanol–water partition coefficient (Wildman–Crippen LogP) is 1.92. The van der Waals surface area contributed by atoms with Crippen molar-refractivity contribution in [2.45, 2.75) is 18.9 Å². The molecule has 2 aromatic heterocycles. The molecule has 1 aromatic carbocycles. The number of carbonyl (C=O) groups is 4. The van der Waals surface area contributed by atoms with Gasteiger partial charge in [-0.25, -0.2) is 18.6 Å². The molecule has 1 atom stereocenters. The van der Waals surface area contributed by atoms with Crippen molar-refractivity contribution in [3.8, 4) is 0 Å². The van der Waals surface area contributed by atoms with Crippen molar-refractivity contribution in [1.82, 2.24) is 24.6 Å². The minimum Gasteiger partial charge on any atom is -0.461 e. The number of ether oxygens (including phenoxy) is 2. The van der Waals surface area contributed by atoms with Gasteiger partial charge in [-0.1, -0.05) is 12.7 Å². The second kappa shape index (κ2) is 12.8. The first-order chi connectivity index (χ1) is 20.7. The van der Waals surface area contributed by atoms with Crippen molar-refractivity contribution in [3.63, 3.8) is 0 Å². The highest BCUT2D eigenvalue weighted by molar-refractivity contribution is 5.95. The van der Waals surface area contributed by atoms with Crippen LogP contribution in [-0.4, -0.2) is 95.1 Å². The van der Waals surface area contributed by atoms with Crippen LogP contribution < -0.4 is 15.1 Å². The van der Waals surface area contributed by atoms with Crippen LogP contribution in [0.3, 0.4) is 0 Å². The molecular weight excluding hydrogens is 568 g/mol. The zero-order valence-electron chi connectivity index (χ0n) is 23.1. The number of hydrogen-bond donors (Lipinski definition) is 1. The smallest absolute Gasteiger partial charge is 0.414 e. The summed E-state index contributed by atoms with van der Waals surface area (Å²) < 4.78 is 42.1. The lowest BCUT2D eigenvalue weighted by atomic mass is 10.1. The molecule has 1 N–H and O–H groups in total. The Bertz CT molecular complexity index is 1500. The molecule has 2 aliphatic rings. The molecule has 3 aromatic rings. The van der Waals surface area contributed by atoms with Gasteiger partial charge in [-0.15, -0.1) is 0 Å². The Labute approximate surface area is 244 Å². The van der Waals surface area contributed by atoms with Crippen LogP contribution in [-0.2, 0) is 19.1 Å². The van der Waals surface area contributed by atoms with Crippen LogP contribution in [0.25, 0.3) is 5.65 Å². The van der Waals surface area contributed by atoms with Gasteiger partial charge < -0.3 is 29.0 Å². The molecule has 0 spiro atoms. The molecule has 2 saturated heterocycles. The average Bonchev–Trinajstić information content (AvgIpc) is 3.61. The number of aromatic nitrogens is 3. The van der Waals surface area contributed by atoms with Gasteiger partial charge in [-0.2, -0.15) is 0 Å². The summed E-state index contributed by atoms with van der Waals surface area (Å²) in [5.41, 5.74) is 0.360. The second-order valence-electron chi connectivity index (χ2n) is 9.90. The summed E-state index contributed by atoms with van der Waals surface area (Å²) in [6.07, 6.45) is 6.48. The molecule has 15 heteroatoms. The van der Waals surface area contributed by atoms with E-state index in [0.717, 1.165) is 17.0 Å². The number of hydrogen-bond acceptors (Lipinski definition) is 9. The number of benzene rings is 1. The van der Waals surface area contributed by atoms with E-state index in [2.05, 4.69) is 21.9 Å². The molecule has 13 nitrogen and oxygen atoms in total. The number of amides is 3. The Kier molecular flexibility index (Phi) is 8.78. The number of nitrogens with one attached hydrogen (secondary N) is 1. The van der Waals surface area contributed by atoms with Gasteiger partial charge >= 0.3 is 12.1 Å². The molecule has 0 bridgehead atoms. The Hall–Kier alpha value is -5.08. The number of nitrogens with zero attached hydrogens (tertiary/aromatic N) is 6. The van der Waals surface area contributed by atoms with Gasteiger partial charge in [-0.05, 0) is 6.42 Å². The van der Waals surface area contributed by atoms with E-state index in [-0.39, 0.29) is 81.7 Å². The minimum absolute atomic E-state index is 0.00749. The SMILES string of the molecule is C=CCOC(=O)CC[C@H]1CN(c2cc(F)c(N3CCN(C(=O)CNC(=O)c4cn5ccncc5n4)CC3)c(F)c2)C(=O)O1. The first kappa shape index (κ1) is 29.4. The Balaban J connectivity index is 1.13. The first-order valence-corrected chi connectivity index (χ1v) is 13.6. The predicted molar refractivity (Wildman–Crippen MR) is 148 cm³/mol. The van der Waals surface area contributed by atoms with Crippen molar-refractivity contribution in [1.29, 1.82) is 0 Å². The largest absolute Gasteiger partial charge is 0.461 e. The third-order valence-corrected chi connectivity index (χ3v) is 7.07. The number of esters is 1. The van der Waals surface area contributed by atoms with E-state index < -0.39 is 35.7 Å². The van der Waals surface area contributed by atoms with Crippen molar-refractivity contribution < 1.29 is 37.4 Å². The van der Waals surface area contributed by atoms with E-state index in [0.29, 0.717) is 5.65 Å². The van der Waals surface area contributed by atoms with Gasteiger partial charge in [0.2, 0.25) is 5.91 Å². The van der Waals surface area contributed by atoms with Crippen molar-refractivity contribution in [3.05, 3.63) is 66.9 Å². The number of halogens is 2. The third-order valence-electron chi connectivity index (χ3n) is 7.07. The van der Waals surface area contributed by atoms with Crippen LogP contribution in [0.1, 0.15) is 23.3 Å². The van der Waals surface area contributed by atoms with Crippen LogP contribution in [0, 0.1) is 11.6 Å². The van der Waals surface area contributed by atoms with Crippen LogP contribution in [0.15, 0.2) is 49.6 Å². The zero-order chi connectivity index (χ0) is 30.5. The lowest BCUT2D eigenvalue weighted by Gasteiger charge is -2.36. The topological polar surface area (TPSA) is 139 Å². The fourth-order valence-corrected chi connectivity index (χ4v) is 4.89. The maximum absolute atomic E-state index is 15.2. The molecule has 2 aliphatic heterocycles. The summed E-state index contributed by atoms with van der Waals surface area (Å²) >= 11 is 0. The maximum atomic E-state index is 15.2. The Morgan fingerprint density at radius 2 is 1.91 bits per heavy atom. The highest BCUT2D eigenvalue weighted by Crippen LogP contribution is 2.32. The molecule has 226 valence electrons. The van der Waals surface area contributed by atoms with Gasteiger partial charge in [0.1, 0.15) is 24.1 Å². The number of rotatable bonds is 10. The highest BCUT2D eigenvalue weighted by Gasteiger charge is 2.34. The quantitative estimate of drug-likeness (QED) is 0.274. The van der Waals surface area contributed by atoms with Gasteiger partial charge in [0, 0.05) is 63.3 Å². The van der Waals surface area contributed by atoms with Crippen molar-refractivity contribution in [2.75, 3.05) is 55.7 Å². The number of carbonyl (C=O) groups excluding carboxylic acids is 4. The van der Waals surface area contributed by atoms with Gasteiger partial charge in [0.05, 0.1) is 25.0 Å². The number of imidazole rings is 1. The number of piperazine rings is 1.